The summed E-state index contributed by atoms with van der Waals surface area (Å²) in [5, 5.41) is 4.32. The van der Waals surface area contributed by atoms with Gasteiger partial charge in [0.15, 0.2) is 0 Å². The molecule has 0 saturated carbocycles. The molecule has 0 aliphatic carbocycles. The summed E-state index contributed by atoms with van der Waals surface area (Å²) in [4.78, 5) is 0.297. The fraction of sp³-hybridized carbons (Fsp3) is 0.438. The van der Waals surface area contributed by atoms with Crippen LogP contribution in [0.4, 0.5) is 0 Å². The van der Waals surface area contributed by atoms with Gasteiger partial charge in [-0.05, 0) is 43.5 Å². The number of nitrogens with one attached hydrogen (secondary N) is 1. The van der Waals surface area contributed by atoms with Gasteiger partial charge in [-0.1, -0.05) is 26.0 Å². The fourth-order valence-electron chi connectivity index (χ4n) is 2.30. The Bertz CT molecular complexity index is 731. The largest absolute Gasteiger partial charge is 0.268 e. The molecule has 0 amide bonds. The summed E-state index contributed by atoms with van der Waals surface area (Å²) in [7, 11) is -3.47. The van der Waals surface area contributed by atoms with E-state index in [1.54, 1.807) is 16.8 Å². The number of nitrogens with zero attached hydrogens (tertiary/aromatic N) is 2. The van der Waals surface area contributed by atoms with E-state index in [4.69, 9.17) is 0 Å². The topological polar surface area (TPSA) is 64.0 Å². The summed E-state index contributed by atoms with van der Waals surface area (Å²) >= 11 is 0. The smallest absolute Gasteiger partial charge is 0.240 e. The highest BCUT2D eigenvalue weighted by Crippen LogP contribution is 2.17. The van der Waals surface area contributed by atoms with Crippen molar-refractivity contribution in [2.45, 2.75) is 45.1 Å². The van der Waals surface area contributed by atoms with Crippen molar-refractivity contribution < 1.29 is 8.42 Å². The van der Waals surface area contributed by atoms with Crippen LogP contribution >= 0.6 is 0 Å². The molecule has 0 radical (unpaired) electrons. The van der Waals surface area contributed by atoms with Crippen LogP contribution in [0.2, 0.25) is 0 Å². The number of hydrogen-bond acceptors (Lipinski definition) is 3. The van der Waals surface area contributed by atoms with Crippen LogP contribution in [0.1, 0.15) is 36.7 Å². The van der Waals surface area contributed by atoms with E-state index in [0.29, 0.717) is 23.9 Å². The van der Waals surface area contributed by atoms with Crippen LogP contribution in [-0.2, 0) is 16.6 Å². The second kappa shape index (κ2) is 6.62. The van der Waals surface area contributed by atoms with Crippen molar-refractivity contribution in [1.82, 2.24) is 14.5 Å². The summed E-state index contributed by atoms with van der Waals surface area (Å²) in [6.07, 6.45) is 0. The second-order valence-electron chi connectivity index (χ2n) is 5.77. The highest BCUT2D eigenvalue weighted by atomic mass is 32.2. The lowest BCUT2D eigenvalue weighted by molar-refractivity contribution is 0.554. The van der Waals surface area contributed by atoms with Crippen LogP contribution in [0.15, 0.2) is 35.2 Å². The zero-order chi connectivity index (χ0) is 16.3. The number of aryl methyl sites for hydroxylation is 2. The minimum atomic E-state index is -3.47. The minimum absolute atomic E-state index is 0.297. The Morgan fingerprint density at radius 1 is 1.18 bits per heavy atom. The van der Waals surface area contributed by atoms with Crippen molar-refractivity contribution in [3.05, 3.63) is 47.3 Å². The Labute approximate surface area is 132 Å². The van der Waals surface area contributed by atoms with Crippen molar-refractivity contribution >= 4 is 10.0 Å². The van der Waals surface area contributed by atoms with E-state index in [1.165, 1.54) is 0 Å². The van der Waals surface area contributed by atoms with Crippen LogP contribution in [0.3, 0.4) is 0 Å². The first-order valence-corrected chi connectivity index (χ1v) is 8.88. The molecule has 1 heterocycles. The van der Waals surface area contributed by atoms with Gasteiger partial charge in [0.2, 0.25) is 10.0 Å². The standard InChI is InChI=1S/C16H23N3O2S/c1-12(2)15-5-7-16(8-6-15)22(20,21)17-9-10-19-14(4)11-13(3)18-19/h5-8,11-12,17H,9-10H2,1-4H3. The van der Waals surface area contributed by atoms with Crippen LogP contribution < -0.4 is 4.72 Å². The molecule has 6 heteroatoms. The summed E-state index contributed by atoms with van der Waals surface area (Å²) < 4.78 is 28.9. The first kappa shape index (κ1) is 16.7. The second-order valence-corrected chi connectivity index (χ2v) is 7.54. The average Bonchev–Trinajstić information content (AvgIpc) is 2.77. The van der Waals surface area contributed by atoms with E-state index in [9.17, 15) is 8.42 Å². The number of rotatable bonds is 6. The molecule has 2 rings (SSSR count). The summed E-state index contributed by atoms with van der Waals surface area (Å²) in [5.74, 6) is 0.385. The first-order valence-electron chi connectivity index (χ1n) is 7.40. The molecule has 0 saturated heterocycles. The monoisotopic (exact) mass is 321 g/mol. The normalized spacial score (nSPS) is 12.0. The molecule has 0 unspecified atom stereocenters. The Morgan fingerprint density at radius 3 is 2.32 bits per heavy atom. The molecule has 0 atom stereocenters. The lowest BCUT2D eigenvalue weighted by Crippen LogP contribution is -2.28. The Hall–Kier alpha value is -1.66. The van der Waals surface area contributed by atoms with Crippen molar-refractivity contribution in [3.8, 4) is 0 Å². The maximum absolute atomic E-state index is 12.3. The molecule has 0 fully saturated rings. The van der Waals surface area contributed by atoms with Gasteiger partial charge in [0.25, 0.3) is 0 Å². The van der Waals surface area contributed by atoms with Gasteiger partial charge >= 0.3 is 0 Å². The predicted molar refractivity (Wildman–Crippen MR) is 87.4 cm³/mol. The van der Waals surface area contributed by atoms with Gasteiger partial charge in [-0.3, -0.25) is 4.68 Å². The third kappa shape index (κ3) is 3.96. The summed E-state index contributed by atoms with van der Waals surface area (Å²) in [6.45, 7) is 8.87. The zero-order valence-corrected chi connectivity index (χ0v) is 14.3. The fourth-order valence-corrected chi connectivity index (χ4v) is 3.32. The van der Waals surface area contributed by atoms with Crippen molar-refractivity contribution in [2.24, 2.45) is 0 Å². The van der Waals surface area contributed by atoms with Gasteiger partial charge in [0.05, 0.1) is 17.1 Å². The molecule has 1 aromatic heterocycles. The van der Waals surface area contributed by atoms with E-state index in [0.717, 1.165) is 17.0 Å². The number of benzene rings is 1. The van der Waals surface area contributed by atoms with Crippen LogP contribution in [0.25, 0.3) is 0 Å². The van der Waals surface area contributed by atoms with Gasteiger partial charge < -0.3 is 0 Å². The molecule has 1 aromatic carbocycles. The van der Waals surface area contributed by atoms with Crippen LogP contribution in [0.5, 0.6) is 0 Å². The molecule has 0 spiro atoms. The van der Waals surface area contributed by atoms with Gasteiger partial charge in [0.1, 0.15) is 0 Å². The van der Waals surface area contributed by atoms with E-state index in [-0.39, 0.29) is 0 Å². The number of hydrogen-bond donors (Lipinski definition) is 1. The van der Waals surface area contributed by atoms with E-state index >= 15 is 0 Å². The third-order valence-electron chi connectivity index (χ3n) is 3.58. The Kier molecular flexibility index (Phi) is 5.03. The highest BCUT2D eigenvalue weighted by Gasteiger charge is 2.14. The molecule has 1 N–H and O–H groups in total. The van der Waals surface area contributed by atoms with Crippen molar-refractivity contribution in [3.63, 3.8) is 0 Å². The Morgan fingerprint density at radius 2 is 1.82 bits per heavy atom. The van der Waals surface area contributed by atoms with E-state index in [2.05, 4.69) is 23.7 Å². The molecule has 0 aliphatic heterocycles. The highest BCUT2D eigenvalue weighted by molar-refractivity contribution is 7.89. The molecular formula is C16H23N3O2S. The third-order valence-corrected chi connectivity index (χ3v) is 5.05. The van der Waals surface area contributed by atoms with Gasteiger partial charge in [0, 0.05) is 12.2 Å². The lowest BCUT2D eigenvalue weighted by Gasteiger charge is -2.10. The Balaban J connectivity index is 2.00. The molecular weight excluding hydrogens is 298 g/mol. The van der Waals surface area contributed by atoms with Gasteiger partial charge in [-0.25, -0.2) is 13.1 Å². The van der Waals surface area contributed by atoms with E-state index in [1.807, 2.05) is 32.0 Å². The van der Waals surface area contributed by atoms with Gasteiger partial charge in [-0.15, -0.1) is 0 Å². The average molecular weight is 321 g/mol. The number of sulfonamides is 1. The van der Waals surface area contributed by atoms with Gasteiger partial charge in [-0.2, -0.15) is 5.10 Å². The summed E-state index contributed by atoms with van der Waals surface area (Å²) in [6, 6.07) is 9.00. The molecule has 5 nitrogen and oxygen atoms in total. The van der Waals surface area contributed by atoms with Crippen molar-refractivity contribution in [1.29, 1.82) is 0 Å². The zero-order valence-electron chi connectivity index (χ0n) is 13.5. The minimum Gasteiger partial charge on any atom is -0.268 e. The maximum Gasteiger partial charge on any atom is 0.240 e. The summed E-state index contributed by atoms with van der Waals surface area (Å²) in [5.41, 5.74) is 3.09. The SMILES string of the molecule is Cc1cc(C)n(CCNS(=O)(=O)c2ccc(C(C)C)cc2)n1. The first-order chi connectivity index (χ1) is 10.3. The molecule has 0 aliphatic rings. The molecule has 0 bridgehead atoms. The van der Waals surface area contributed by atoms with E-state index < -0.39 is 10.0 Å². The molecule has 22 heavy (non-hydrogen) atoms. The van der Waals surface area contributed by atoms with Crippen LogP contribution in [-0.4, -0.2) is 24.7 Å². The maximum atomic E-state index is 12.3. The quantitative estimate of drug-likeness (QED) is 0.889. The lowest BCUT2D eigenvalue weighted by atomic mass is 10.0. The van der Waals surface area contributed by atoms with Crippen molar-refractivity contribution in [2.75, 3.05) is 6.54 Å². The number of aromatic nitrogens is 2. The van der Waals surface area contributed by atoms with Crippen LogP contribution in [0, 0.1) is 13.8 Å². The molecule has 120 valence electrons. The predicted octanol–water partition coefficient (Wildman–Crippen LogP) is 2.60. The molecule has 2 aromatic rings.